The largest absolute Gasteiger partial charge is 0.486 e. The van der Waals surface area contributed by atoms with Gasteiger partial charge in [-0.05, 0) is 75.7 Å². The van der Waals surface area contributed by atoms with Crippen molar-refractivity contribution >= 4 is 39.1 Å². The molecular formula is C30H33ClFN3O6S. The van der Waals surface area contributed by atoms with Gasteiger partial charge in [-0.1, -0.05) is 29.8 Å². The second-order valence-electron chi connectivity index (χ2n) is 10.8. The number of nitrogens with one attached hydrogen (secondary N) is 1. The number of hydrogen-bond acceptors (Lipinski definition) is 6. The number of nitrogens with zero attached hydrogens (tertiary/aromatic N) is 2. The van der Waals surface area contributed by atoms with Gasteiger partial charge in [0.25, 0.3) is 10.0 Å². The van der Waals surface area contributed by atoms with Crippen molar-refractivity contribution in [2.45, 2.75) is 50.7 Å². The molecule has 3 aromatic carbocycles. The van der Waals surface area contributed by atoms with Gasteiger partial charge < -0.3 is 19.7 Å². The van der Waals surface area contributed by atoms with Gasteiger partial charge in [0.2, 0.25) is 11.8 Å². The van der Waals surface area contributed by atoms with Crippen molar-refractivity contribution in [1.82, 2.24) is 10.2 Å². The summed E-state index contributed by atoms with van der Waals surface area (Å²) in [6.07, 6.45) is 0. The molecule has 0 bridgehead atoms. The molecule has 12 heteroatoms. The summed E-state index contributed by atoms with van der Waals surface area (Å²) >= 11 is 6.39. The predicted molar refractivity (Wildman–Crippen MR) is 158 cm³/mol. The zero-order valence-electron chi connectivity index (χ0n) is 23.8. The molecule has 1 aliphatic heterocycles. The van der Waals surface area contributed by atoms with Crippen LogP contribution in [0.3, 0.4) is 0 Å². The Kier molecular flexibility index (Phi) is 9.32. The van der Waals surface area contributed by atoms with Gasteiger partial charge in [-0.15, -0.1) is 0 Å². The number of halogens is 2. The molecule has 42 heavy (non-hydrogen) atoms. The van der Waals surface area contributed by atoms with Crippen LogP contribution < -0.4 is 19.1 Å². The molecule has 0 saturated carbocycles. The highest BCUT2D eigenvalue weighted by atomic mass is 35.5. The lowest BCUT2D eigenvalue weighted by molar-refractivity contribution is -0.140. The summed E-state index contributed by atoms with van der Waals surface area (Å²) in [7, 11) is -4.38. The van der Waals surface area contributed by atoms with Crippen LogP contribution in [0.1, 0.15) is 33.3 Å². The number of carbonyl (C=O) groups excluding carboxylic acids is 2. The molecular weight excluding hydrogens is 585 g/mol. The molecule has 1 aliphatic rings. The average molecular weight is 618 g/mol. The summed E-state index contributed by atoms with van der Waals surface area (Å²) in [6, 6.07) is 14.8. The van der Waals surface area contributed by atoms with Crippen molar-refractivity contribution in [3.8, 4) is 11.5 Å². The standard InChI is InChI=1S/C30H33ClFN3O6S/c1-20(29(37)33-30(2,3)4)34(18-21-7-5-6-8-25(21)31)28(36)19-35(23-11-9-22(32)10-12-23)42(38,39)24-13-14-26-27(17-24)41-16-15-40-26/h5-14,17,20H,15-16,18-19H2,1-4H3,(H,33,37)/t20-/m1/s1. The van der Waals surface area contributed by atoms with Gasteiger partial charge >= 0.3 is 0 Å². The molecule has 1 atom stereocenters. The van der Waals surface area contributed by atoms with Gasteiger partial charge in [-0.2, -0.15) is 0 Å². The highest BCUT2D eigenvalue weighted by molar-refractivity contribution is 7.92. The average Bonchev–Trinajstić information content (AvgIpc) is 2.94. The summed E-state index contributed by atoms with van der Waals surface area (Å²) in [6.45, 7) is 6.85. The Balaban J connectivity index is 1.73. The molecule has 0 saturated heterocycles. The van der Waals surface area contributed by atoms with E-state index in [1.54, 1.807) is 31.2 Å². The number of rotatable bonds is 9. The zero-order chi connectivity index (χ0) is 30.7. The van der Waals surface area contributed by atoms with E-state index in [1.807, 2.05) is 20.8 Å². The van der Waals surface area contributed by atoms with Crippen molar-refractivity contribution in [2.24, 2.45) is 0 Å². The van der Waals surface area contributed by atoms with E-state index in [-0.39, 0.29) is 29.5 Å². The molecule has 4 rings (SSSR count). The molecule has 9 nitrogen and oxygen atoms in total. The summed E-state index contributed by atoms with van der Waals surface area (Å²) in [5.74, 6) is -1.02. The highest BCUT2D eigenvalue weighted by Crippen LogP contribution is 2.34. The fraction of sp³-hybridized carbons (Fsp3) is 0.333. The molecule has 0 aromatic heterocycles. The molecule has 0 spiro atoms. The van der Waals surface area contributed by atoms with Crippen LogP contribution in [0.4, 0.5) is 10.1 Å². The lowest BCUT2D eigenvalue weighted by Crippen LogP contribution is -2.54. The minimum Gasteiger partial charge on any atom is -0.486 e. The van der Waals surface area contributed by atoms with E-state index in [2.05, 4.69) is 5.32 Å². The predicted octanol–water partition coefficient (Wildman–Crippen LogP) is 4.78. The first-order valence-corrected chi connectivity index (χ1v) is 15.1. The van der Waals surface area contributed by atoms with Crippen molar-refractivity contribution in [1.29, 1.82) is 0 Å². The molecule has 1 N–H and O–H groups in total. The number of sulfonamides is 1. The van der Waals surface area contributed by atoms with Gasteiger partial charge in [0.1, 0.15) is 31.6 Å². The molecule has 0 radical (unpaired) electrons. The monoisotopic (exact) mass is 617 g/mol. The summed E-state index contributed by atoms with van der Waals surface area (Å²) < 4.78 is 53.8. The molecule has 224 valence electrons. The molecule has 2 amide bonds. The molecule has 0 aliphatic carbocycles. The maximum absolute atomic E-state index is 14.0. The third-order valence-electron chi connectivity index (χ3n) is 6.46. The minimum atomic E-state index is -4.38. The SMILES string of the molecule is C[C@H](C(=O)NC(C)(C)C)N(Cc1ccccc1Cl)C(=O)CN(c1ccc(F)cc1)S(=O)(=O)c1ccc2c(c1)OCCO2. The summed E-state index contributed by atoms with van der Waals surface area (Å²) in [5.41, 5.74) is 0.0571. The van der Waals surface area contributed by atoms with Crippen LogP contribution in [0.15, 0.2) is 71.6 Å². The molecule has 1 heterocycles. The lowest BCUT2D eigenvalue weighted by atomic mass is 10.1. The number of fused-ring (bicyclic) bond motifs is 1. The van der Waals surface area contributed by atoms with Crippen LogP contribution >= 0.6 is 11.6 Å². The summed E-state index contributed by atoms with van der Waals surface area (Å²) in [4.78, 5) is 28.3. The maximum Gasteiger partial charge on any atom is 0.264 e. The number of hydrogen-bond donors (Lipinski definition) is 1. The van der Waals surface area contributed by atoms with Gasteiger partial charge in [0.15, 0.2) is 11.5 Å². The number of anilines is 1. The molecule has 0 unspecified atom stereocenters. The van der Waals surface area contributed by atoms with Crippen molar-refractivity contribution in [2.75, 3.05) is 24.1 Å². The van der Waals surface area contributed by atoms with Crippen LogP contribution in [0.25, 0.3) is 0 Å². The van der Waals surface area contributed by atoms with Crippen LogP contribution in [0, 0.1) is 5.82 Å². The first-order chi connectivity index (χ1) is 19.8. The highest BCUT2D eigenvalue weighted by Gasteiger charge is 2.34. The second-order valence-corrected chi connectivity index (χ2v) is 13.1. The Morgan fingerprint density at radius 2 is 1.64 bits per heavy atom. The first kappa shape index (κ1) is 31.1. The van der Waals surface area contributed by atoms with Gasteiger partial charge in [0.05, 0.1) is 10.6 Å². The minimum absolute atomic E-state index is 0.0570. The van der Waals surface area contributed by atoms with Crippen LogP contribution in [-0.2, 0) is 26.2 Å². The fourth-order valence-corrected chi connectivity index (χ4v) is 5.94. The van der Waals surface area contributed by atoms with Gasteiger partial charge in [0, 0.05) is 23.2 Å². The quantitative estimate of drug-likeness (QED) is 0.371. The van der Waals surface area contributed by atoms with Crippen LogP contribution in [0.5, 0.6) is 11.5 Å². The third kappa shape index (κ3) is 7.32. The smallest absolute Gasteiger partial charge is 0.264 e. The Morgan fingerprint density at radius 1 is 1.00 bits per heavy atom. The number of benzene rings is 3. The van der Waals surface area contributed by atoms with E-state index < -0.39 is 45.8 Å². The van der Waals surface area contributed by atoms with E-state index in [4.69, 9.17) is 21.1 Å². The van der Waals surface area contributed by atoms with E-state index in [9.17, 15) is 22.4 Å². The van der Waals surface area contributed by atoms with Crippen LogP contribution in [0.2, 0.25) is 5.02 Å². The van der Waals surface area contributed by atoms with E-state index in [0.717, 1.165) is 16.4 Å². The fourth-order valence-electron chi connectivity index (χ4n) is 4.31. The molecule has 0 fully saturated rings. The number of carbonyl (C=O) groups is 2. The number of amides is 2. The van der Waals surface area contributed by atoms with E-state index >= 15 is 0 Å². The Hall–Kier alpha value is -3.83. The lowest BCUT2D eigenvalue weighted by Gasteiger charge is -2.33. The number of ether oxygens (including phenoxy) is 2. The topological polar surface area (TPSA) is 105 Å². The van der Waals surface area contributed by atoms with Crippen molar-refractivity contribution < 1.29 is 31.9 Å². The Morgan fingerprint density at radius 3 is 2.29 bits per heavy atom. The first-order valence-electron chi connectivity index (χ1n) is 13.3. The van der Waals surface area contributed by atoms with Gasteiger partial charge in [-0.3, -0.25) is 13.9 Å². The van der Waals surface area contributed by atoms with Gasteiger partial charge in [-0.25, -0.2) is 12.8 Å². The van der Waals surface area contributed by atoms with Crippen molar-refractivity contribution in [3.63, 3.8) is 0 Å². The zero-order valence-corrected chi connectivity index (χ0v) is 25.3. The van der Waals surface area contributed by atoms with Crippen molar-refractivity contribution in [3.05, 3.63) is 83.1 Å². The van der Waals surface area contributed by atoms with Crippen LogP contribution in [-0.4, -0.2) is 56.5 Å². The normalized spacial score (nSPS) is 13.7. The Bertz CT molecular complexity index is 1560. The Labute approximate surface area is 250 Å². The third-order valence-corrected chi connectivity index (χ3v) is 8.60. The summed E-state index contributed by atoms with van der Waals surface area (Å²) in [5, 5.41) is 3.25. The van der Waals surface area contributed by atoms with E-state index in [0.29, 0.717) is 22.9 Å². The molecule has 3 aromatic rings. The van der Waals surface area contributed by atoms with E-state index in [1.165, 1.54) is 35.2 Å². The maximum atomic E-state index is 14.0. The second kappa shape index (κ2) is 12.6.